The van der Waals surface area contributed by atoms with Gasteiger partial charge in [-0.15, -0.1) is 0 Å². The molecule has 1 fully saturated rings. The van der Waals surface area contributed by atoms with Gasteiger partial charge >= 0.3 is 5.97 Å². The molecule has 2 aromatic heterocycles. The zero-order chi connectivity index (χ0) is 14.8. The minimum absolute atomic E-state index is 0.0185. The highest BCUT2D eigenvalue weighted by Gasteiger charge is 2.24. The number of carbonyl (C=O) groups is 1. The molecule has 112 valence electrons. The molecule has 0 radical (unpaired) electrons. The summed E-state index contributed by atoms with van der Waals surface area (Å²) in [5.74, 6) is -0.381. The molecule has 3 rings (SSSR count). The molecule has 0 bridgehead atoms. The Morgan fingerprint density at radius 2 is 2.19 bits per heavy atom. The van der Waals surface area contributed by atoms with Crippen LogP contribution in [0.2, 0.25) is 0 Å². The summed E-state index contributed by atoms with van der Waals surface area (Å²) in [4.78, 5) is 28.6. The first-order valence-electron chi connectivity index (χ1n) is 7.27. The summed E-state index contributed by atoms with van der Waals surface area (Å²) >= 11 is 0. The summed E-state index contributed by atoms with van der Waals surface area (Å²) in [6.07, 6.45) is 7.96. The molecule has 2 aromatic rings. The zero-order valence-electron chi connectivity index (χ0n) is 11.9. The predicted molar refractivity (Wildman–Crippen MR) is 75.8 cm³/mol. The van der Waals surface area contributed by atoms with E-state index in [1.54, 1.807) is 6.92 Å². The Morgan fingerprint density at radius 1 is 1.43 bits per heavy atom. The molecule has 1 aliphatic rings. The molecule has 1 unspecified atom stereocenters. The maximum absolute atomic E-state index is 12.3. The van der Waals surface area contributed by atoms with Crippen LogP contribution in [0.4, 0.5) is 0 Å². The van der Waals surface area contributed by atoms with Gasteiger partial charge in [0.25, 0.3) is 5.56 Å². The lowest BCUT2D eigenvalue weighted by atomic mass is 9.98. The molecule has 0 saturated heterocycles. The van der Waals surface area contributed by atoms with Crippen molar-refractivity contribution in [1.29, 1.82) is 0 Å². The maximum atomic E-state index is 12.3. The van der Waals surface area contributed by atoms with Crippen LogP contribution in [0.1, 0.15) is 45.1 Å². The molecule has 1 N–H and O–H groups in total. The van der Waals surface area contributed by atoms with Gasteiger partial charge in [-0.1, -0.05) is 6.42 Å². The summed E-state index contributed by atoms with van der Waals surface area (Å²) in [6.45, 7) is 1.65. The molecule has 2 heterocycles. The highest BCUT2D eigenvalue weighted by molar-refractivity contribution is 5.76. The Hall–Kier alpha value is -2.18. The lowest BCUT2D eigenvalue weighted by Crippen LogP contribution is -2.32. The van der Waals surface area contributed by atoms with E-state index in [1.807, 2.05) is 0 Å². The monoisotopic (exact) mass is 290 g/mol. The molecule has 0 aliphatic heterocycles. The van der Waals surface area contributed by atoms with E-state index < -0.39 is 6.04 Å². The summed E-state index contributed by atoms with van der Waals surface area (Å²) in [7, 11) is 0. The lowest BCUT2D eigenvalue weighted by Gasteiger charge is -2.24. The average Bonchev–Trinajstić information content (AvgIpc) is 2.97. The van der Waals surface area contributed by atoms with E-state index >= 15 is 0 Å². The zero-order valence-corrected chi connectivity index (χ0v) is 11.9. The number of hydrogen-bond donors (Lipinski definition) is 1. The van der Waals surface area contributed by atoms with Crippen LogP contribution in [-0.2, 0) is 9.53 Å². The van der Waals surface area contributed by atoms with Gasteiger partial charge in [0.05, 0.1) is 6.20 Å². The van der Waals surface area contributed by atoms with Gasteiger partial charge in [0, 0.05) is 0 Å². The van der Waals surface area contributed by atoms with Gasteiger partial charge < -0.3 is 4.74 Å². The van der Waals surface area contributed by atoms with E-state index in [0.717, 1.165) is 25.7 Å². The van der Waals surface area contributed by atoms with E-state index in [0.29, 0.717) is 11.0 Å². The fraction of sp³-hybridized carbons (Fsp3) is 0.571. The fourth-order valence-electron chi connectivity index (χ4n) is 2.68. The van der Waals surface area contributed by atoms with Gasteiger partial charge in [0.2, 0.25) is 0 Å². The minimum atomic E-state index is -0.689. The molecule has 0 amide bonds. The number of carbonyl (C=O) groups excluding carboxylic acids is 1. The molecular formula is C14H18N4O3. The molecule has 7 heteroatoms. The van der Waals surface area contributed by atoms with Crippen LogP contribution in [0, 0.1) is 0 Å². The molecule has 7 nitrogen and oxygen atoms in total. The first-order valence-corrected chi connectivity index (χ1v) is 7.27. The summed E-state index contributed by atoms with van der Waals surface area (Å²) < 4.78 is 6.80. The number of H-pyrrole nitrogens is 1. The second-order valence-corrected chi connectivity index (χ2v) is 5.46. The molecular weight excluding hydrogens is 272 g/mol. The summed E-state index contributed by atoms with van der Waals surface area (Å²) in [6, 6.07) is -0.689. The smallest absolute Gasteiger partial charge is 0.329 e. The number of nitrogens with zero attached hydrogens (tertiary/aromatic N) is 3. The van der Waals surface area contributed by atoms with Crippen LogP contribution >= 0.6 is 0 Å². The standard InChI is InChI=1S/C14H18N4O3/c1-9(14(20)21-10-5-3-2-4-6-10)18-8-15-12-11(13(18)19)7-16-17-12/h7-10H,2-6H2,1H3,(H,16,17). The number of esters is 1. The minimum Gasteiger partial charge on any atom is -0.461 e. The van der Waals surface area contributed by atoms with Crippen molar-refractivity contribution in [3.63, 3.8) is 0 Å². The third kappa shape index (κ3) is 2.68. The van der Waals surface area contributed by atoms with E-state index in [-0.39, 0.29) is 17.6 Å². The van der Waals surface area contributed by atoms with Crippen molar-refractivity contribution in [2.75, 3.05) is 0 Å². The number of fused-ring (bicyclic) bond motifs is 1. The average molecular weight is 290 g/mol. The Morgan fingerprint density at radius 3 is 2.95 bits per heavy atom. The van der Waals surface area contributed by atoms with E-state index in [4.69, 9.17) is 4.74 Å². The van der Waals surface area contributed by atoms with Crippen molar-refractivity contribution in [3.05, 3.63) is 22.9 Å². The largest absolute Gasteiger partial charge is 0.461 e. The summed E-state index contributed by atoms with van der Waals surface area (Å²) in [5, 5.41) is 6.79. The van der Waals surface area contributed by atoms with Crippen LogP contribution in [0.15, 0.2) is 17.3 Å². The molecule has 0 aromatic carbocycles. The Labute approximate surface area is 121 Å². The molecule has 1 saturated carbocycles. The van der Waals surface area contributed by atoms with E-state index in [1.165, 1.54) is 23.5 Å². The predicted octanol–water partition coefficient (Wildman–Crippen LogP) is 1.56. The van der Waals surface area contributed by atoms with Crippen molar-refractivity contribution in [2.45, 2.75) is 51.2 Å². The third-order valence-electron chi connectivity index (χ3n) is 3.99. The Bertz CT molecular complexity index is 700. The number of aromatic amines is 1. The van der Waals surface area contributed by atoms with Crippen LogP contribution < -0.4 is 5.56 Å². The van der Waals surface area contributed by atoms with Crippen LogP contribution in [-0.4, -0.2) is 31.8 Å². The van der Waals surface area contributed by atoms with Crippen molar-refractivity contribution in [2.24, 2.45) is 0 Å². The number of nitrogens with one attached hydrogen (secondary N) is 1. The number of hydrogen-bond acceptors (Lipinski definition) is 5. The van der Waals surface area contributed by atoms with Crippen LogP contribution in [0.5, 0.6) is 0 Å². The maximum Gasteiger partial charge on any atom is 0.329 e. The number of rotatable bonds is 3. The molecule has 0 spiro atoms. The Kier molecular flexibility index (Phi) is 3.72. The van der Waals surface area contributed by atoms with Gasteiger partial charge in [0.1, 0.15) is 23.9 Å². The topological polar surface area (TPSA) is 89.9 Å². The van der Waals surface area contributed by atoms with Crippen LogP contribution in [0.3, 0.4) is 0 Å². The van der Waals surface area contributed by atoms with E-state index in [9.17, 15) is 9.59 Å². The van der Waals surface area contributed by atoms with Crippen molar-refractivity contribution < 1.29 is 9.53 Å². The third-order valence-corrected chi connectivity index (χ3v) is 3.99. The van der Waals surface area contributed by atoms with Crippen molar-refractivity contribution in [1.82, 2.24) is 19.7 Å². The molecule has 1 aliphatic carbocycles. The van der Waals surface area contributed by atoms with Crippen molar-refractivity contribution in [3.8, 4) is 0 Å². The molecule has 21 heavy (non-hydrogen) atoms. The molecule has 1 atom stereocenters. The SMILES string of the molecule is CC(C(=O)OC1CCCCC1)n1cnc2[nH]ncc2c1=O. The second-order valence-electron chi connectivity index (χ2n) is 5.46. The Balaban J connectivity index is 1.79. The van der Waals surface area contributed by atoms with Crippen molar-refractivity contribution >= 4 is 17.0 Å². The quantitative estimate of drug-likeness (QED) is 0.866. The van der Waals surface area contributed by atoms with Gasteiger partial charge in [-0.2, -0.15) is 5.10 Å². The fourth-order valence-corrected chi connectivity index (χ4v) is 2.68. The van der Waals surface area contributed by atoms with Gasteiger partial charge in [0.15, 0.2) is 5.65 Å². The number of aromatic nitrogens is 4. The summed E-state index contributed by atoms with van der Waals surface area (Å²) in [5.41, 5.74) is 0.131. The normalized spacial score (nSPS) is 17.8. The van der Waals surface area contributed by atoms with Crippen LogP contribution in [0.25, 0.3) is 11.0 Å². The van der Waals surface area contributed by atoms with Gasteiger partial charge in [-0.25, -0.2) is 9.78 Å². The second kappa shape index (κ2) is 5.67. The lowest BCUT2D eigenvalue weighted by molar-refractivity contribution is -0.154. The highest BCUT2D eigenvalue weighted by atomic mass is 16.5. The van der Waals surface area contributed by atoms with Gasteiger partial charge in [-0.3, -0.25) is 14.5 Å². The highest BCUT2D eigenvalue weighted by Crippen LogP contribution is 2.21. The van der Waals surface area contributed by atoms with Gasteiger partial charge in [-0.05, 0) is 32.6 Å². The first-order chi connectivity index (χ1) is 10.2. The van der Waals surface area contributed by atoms with E-state index in [2.05, 4.69) is 15.2 Å². The first kappa shape index (κ1) is 13.8. The number of ether oxygens (including phenoxy) is 1.